The Morgan fingerprint density at radius 3 is 2.71 bits per heavy atom. The average Bonchev–Trinajstić information content (AvgIpc) is 2.83. The summed E-state index contributed by atoms with van der Waals surface area (Å²) in [6.07, 6.45) is 3.26. The zero-order valence-electron chi connectivity index (χ0n) is 12.2. The van der Waals surface area contributed by atoms with E-state index >= 15 is 0 Å². The molecule has 2 heterocycles. The van der Waals surface area contributed by atoms with Crippen LogP contribution < -0.4 is 0 Å². The standard InChI is InChI=1S/C14H20N2O3S2/c1-9-4-3-5-10(2)16(9)12(17)8-21-14-15-11(7-20-14)6-13(18)19/h7,9-10H,3-6,8H2,1-2H3,(H,18,19). The van der Waals surface area contributed by atoms with Gasteiger partial charge in [-0.3, -0.25) is 9.59 Å². The second kappa shape index (κ2) is 7.26. The summed E-state index contributed by atoms with van der Waals surface area (Å²) in [4.78, 5) is 29.2. The average molecular weight is 328 g/mol. The summed E-state index contributed by atoms with van der Waals surface area (Å²) in [7, 11) is 0. The number of carbonyl (C=O) groups is 2. The minimum absolute atomic E-state index is 0.0643. The lowest BCUT2D eigenvalue weighted by molar-refractivity contribution is -0.136. The number of hydrogen-bond acceptors (Lipinski definition) is 5. The van der Waals surface area contributed by atoms with Gasteiger partial charge in [-0.1, -0.05) is 11.8 Å². The summed E-state index contributed by atoms with van der Waals surface area (Å²) in [6, 6.07) is 0.612. The van der Waals surface area contributed by atoms with E-state index in [0.717, 1.165) is 17.2 Å². The molecule has 1 aliphatic heterocycles. The molecular formula is C14H20N2O3S2. The molecule has 0 spiro atoms. The molecule has 1 saturated heterocycles. The first-order valence-electron chi connectivity index (χ1n) is 7.07. The summed E-state index contributed by atoms with van der Waals surface area (Å²) < 4.78 is 0.761. The Labute approximate surface area is 132 Å². The SMILES string of the molecule is CC1CCCC(C)N1C(=O)CSc1nc(CC(=O)O)cs1. The molecule has 21 heavy (non-hydrogen) atoms. The highest BCUT2D eigenvalue weighted by Crippen LogP contribution is 2.27. The molecule has 1 aromatic heterocycles. The molecule has 7 heteroatoms. The lowest BCUT2D eigenvalue weighted by Crippen LogP contribution is -2.48. The topological polar surface area (TPSA) is 70.5 Å². The molecule has 1 amide bonds. The number of nitrogens with zero attached hydrogens (tertiary/aromatic N) is 2. The highest BCUT2D eigenvalue weighted by molar-refractivity contribution is 8.01. The second-order valence-corrected chi connectivity index (χ2v) is 7.47. The van der Waals surface area contributed by atoms with Crippen molar-refractivity contribution in [1.29, 1.82) is 0 Å². The van der Waals surface area contributed by atoms with E-state index < -0.39 is 5.97 Å². The fourth-order valence-electron chi connectivity index (χ4n) is 2.70. The van der Waals surface area contributed by atoms with Crippen molar-refractivity contribution in [2.45, 2.75) is 56.0 Å². The summed E-state index contributed by atoms with van der Waals surface area (Å²) >= 11 is 2.80. The Morgan fingerprint density at radius 1 is 1.43 bits per heavy atom. The molecular weight excluding hydrogens is 308 g/mol. The first-order chi connectivity index (χ1) is 9.97. The van der Waals surface area contributed by atoms with E-state index in [1.54, 1.807) is 5.38 Å². The molecule has 0 saturated carbocycles. The Hall–Kier alpha value is -1.08. The minimum atomic E-state index is -0.885. The van der Waals surface area contributed by atoms with Gasteiger partial charge in [0.25, 0.3) is 0 Å². The largest absolute Gasteiger partial charge is 0.481 e. The Bertz CT molecular complexity index is 508. The van der Waals surface area contributed by atoms with Gasteiger partial charge >= 0.3 is 5.97 Å². The number of piperidine rings is 1. The molecule has 0 aromatic carbocycles. The highest BCUT2D eigenvalue weighted by atomic mass is 32.2. The second-order valence-electron chi connectivity index (χ2n) is 5.39. The van der Waals surface area contributed by atoms with Gasteiger partial charge in [-0.15, -0.1) is 11.3 Å². The van der Waals surface area contributed by atoms with E-state index in [1.807, 2.05) is 4.90 Å². The zero-order chi connectivity index (χ0) is 15.4. The summed E-state index contributed by atoms with van der Waals surface area (Å²) in [5.41, 5.74) is 0.558. The Balaban J connectivity index is 1.88. The molecule has 1 aromatic rings. The predicted molar refractivity (Wildman–Crippen MR) is 83.8 cm³/mol. The monoisotopic (exact) mass is 328 g/mol. The number of rotatable bonds is 5. The first kappa shape index (κ1) is 16.3. The fourth-order valence-corrected chi connectivity index (χ4v) is 4.42. The maximum absolute atomic E-state index is 12.4. The van der Waals surface area contributed by atoms with Gasteiger partial charge in [-0.05, 0) is 33.1 Å². The van der Waals surface area contributed by atoms with Crippen molar-refractivity contribution in [3.8, 4) is 0 Å². The molecule has 1 N–H and O–H groups in total. The lowest BCUT2D eigenvalue weighted by Gasteiger charge is -2.39. The van der Waals surface area contributed by atoms with Crippen LogP contribution in [-0.2, 0) is 16.0 Å². The molecule has 2 unspecified atom stereocenters. The quantitative estimate of drug-likeness (QED) is 0.842. The van der Waals surface area contributed by atoms with Crippen molar-refractivity contribution < 1.29 is 14.7 Å². The molecule has 2 atom stereocenters. The molecule has 0 bridgehead atoms. The van der Waals surface area contributed by atoms with Gasteiger partial charge in [-0.25, -0.2) is 4.98 Å². The van der Waals surface area contributed by atoms with Crippen molar-refractivity contribution in [2.75, 3.05) is 5.75 Å². The number of thioether (sulfide) groups is 1. The van der Waals surface area contributed by atoms with Crippen LogP contribution in [0.15, 0.2) is 9.72 Å². The van der Waals surface area contributed by atoms with E-state index in [1.165, 1.54) is 29.5 Å². The molecule has 116 valence electrons. The zero-order valence-corrected chi connectivity index (χ0v) is 13.9. The summed E-state index contributed by atoms with van der Waals surface area (Å²) in [5, 5.41) is 10.5. The molecule has 1 aliphatic rings. The molecule has 5 nitrogen and oxygen atoms in total. The maximum Gasteiger partial charge on any atom is 0.309 e. The molecule has 1 fully saturated rings. The van der Waals surface area contributed by atoms with Gasteiger partial charge in [0.15, 0.2) is 4.34 Å². The van der Waals surface area contributed by atoms with Crippen LogP contribution in [0.1, 0.15) is 38.8 Å². The van der Waals surface area contributed by atoms with Gasteiger partial charge in [0, 0.05) is 17.5 Å². The number of amides is 1. The third kappa shape index (κ3) is 4.44. The highest BCUT2D eigenvalue weighted by Gasteiger charge is 2.28. The van der Waals surface area contributed by atoms with Crippen LogP contribution in [0.3, 0.4) is 0 Å². The van der Waals surface area contributed by atoms with E-state index in [4.69, 9.17) is 5.11 Å². The van der Waals surface area contributed by atoms with E-state index in [-0.39, 0.29) is 12.3 Å². The van der Waals surface area contributed by atoms with Crippen molar-refractivity contribution in [3.05, 3.63) is 11.1 Å². The van der Waals surface area contributed by atoms with Crippen LogP contribution in [0.4, 0.5) is 0 Å². The Morgan fingerprint density at radius 2 is 2.10 bits per heavy atom. The van der Waals surface area contributed by atoms with Crippen molar-refractivity contribution in [2.24, 2.45) is 0 Å². The number of carboxylic acids is 1. The number of aromatic nitrogens is 1. The van der Waals surface area contributed by atoms with Crippen LogP contribution in [-0.4, -0.2) is 44.7 Å². The predicted octanol–water partition coefficient (Wildman–Crippen LogP) is 2.65. The third-order valence-electron chi connectivity index (χ3n) is 3.66. The normalized spacial score (nSPS) is 22.3. The van der Waals surface area contributed by atoms with Gasteiger partial charge < -0.3 is 10.0 Å². The van der Waals surface area contributed by atoms with Crippen molar-refractivity contribution >= 4 is 35.0 Å². The summed E-state index contributed by atoms with van der Waals surface area (Å²) in [5.74, 6) is -0.368. The summed E-state index contributed by atoms with van der Waals surface area (Å²) in [6.45, 7) is 4.21. The van der Waals surface area contributed by atoms with Crippen LogP contribution in [0.2, 0.25) is 0 Å². The van der Waals surface area contributed by atoms with E-state index in [9.17, 15) is 9.59 Å². The van der Waals surface area contributed by atoms with Crippen molar-refractivity contribution in [3.63, 3.8) is 0 Å². The van der Waals surface area contributed by atoms with Crippen LogP contribution >= 0.6 is 23.1 Å². The molecule has 0 radical (unpaired) electrons. The number of thiazole rings is 1. The van der Waals surface area contributed by atoms with Gasteiger partial charge in [0.05, 0.1) is 17.9 Å². The number of carboxylic acid groups (broad SMARTS) is 1. The van der Waals surface area contributed by atoms with E-state index in [0.29, 0.717) is 23.5 Å². The number of hydrogen-bond donors (Lipinski definition) is 1. The number of likely N-dealkylation sites (tertiary alicyclic amines) is 1. The number of aliphatic carboxylic acids is 1. The minimum Gasteiger partial charge on any atom is -0.481 e. The van der Waals surface area contributed by atoms with Gasteiger partial charge in [0.1, 0.15) is 0 Å². The maximum atomic E-state index is 12.4. The van der Waals surface area contributed by atoms with E-state index in [2.05, 4.69) is 18.8 Å². The Kier molecular flexibility index (Phi) is 5.64. The molecule has 0 aliphatic carbocycles. The van der Waals surface area contributed by atoms with Crippen LogP contribution in [0, 0.1) is 0 Å². The van der Waals surface area contributed by atoms with Crippen LogP contribution in [0.5, 0.6) is 0 Å². The van der Waals surface area contributed by atoms with Crippen LogP contribution in [0.25, 0.3) is 0 Å². The van der Waals surface area contributed by atoms with Crippen molar-refractivity contribution in [1.82, 2.24) is 9.88 Å². The first-order valence-corrected chi connectivity index (χ1v) is 8.94. The van der Waals surface area contributed by atoms with Gasteiger partial charge in [0.2, 0.25) is 5.91 Å². The lowest BCUT2D eigenvalue weighted by atomic mass is 9.98. The van der Waals surface area contributed by atoms with Gasteiger partial charge in [-0.2, -0.15) is 0 Å². The molecule has 2 rings (SSSR count). The fraction of sp³-hybridized carbons (Fsp3) is 0.643. The number of carbonyl (C=O) groups excluding carboxylic acids is 1. The third-order valence-corrected chi connectivity index (χ3v) is 5.72. The smallest absolute Gasteiger partial charge is 0.309 e.